The van der Waals surface area contributed by atoms with Gasteiger partial charge in [-0.2, -0.15) is 4.31 Å². The van der Waals surface area contributed by atoms with Crippen LogP contribution in [-0.4, -0.2) is 45.5 Å². The number of thiophene rings is 1. The molecule has 0 spiro atoms. The molecule has 0 amide bonds. The number of sulfonamides is 1. The van der Waals surface area contributed by atoms with Crippen LogP contribution in [0.4, 0.5) is 5.69 Å². The lowest BCUT2D eigenvalue weighted by Crippen LogP contribution is -2.35. The van der Waals surface area contributed by atoms with Crippen molar-refractivity contribution in [1.29, 1.82) is 0 Å². The highest BCUT2D eigenvalue weighted by Crippen LogP contribution is 2.44. The highest BCUT2D eigenvalue weighted by Gasteiger charge is 2.33. The number of nitro groups is 1. The molecule has 2 aromatic heterocycles. The molecule has 1 aliphatic carbocycles. The van der Waals surface area contributed by atoms with Crippen LogP contribution in [0.15, 0.2) is 50.7 Å². The monoisotopic (exact) mass is 491 g/mol. The van der Waals surface area contributed by atoms with Gasteiger partial charge in [0.25, 0.3) is 5.69 Å². The third-order valence-electron chi connectivity index (χ3n) is 5.60. The van der Waals surface area contributed by atoms with E-state index in [1.165, 1.54) is 22.5 Å². The van der Waals surface area contributed by atoms with Crippen LogP contribution in [0.2, 0.25) is 0 Å². The number of nitrogens with zero attached hydrogens (tertiary/aromatic N) is 5. The van der Waals surface area contributed by atoms with Crippen molar-refractivity contribution in [2.75, 3.05) is 13.1 Å². The largest absolute Gasteiger partial charge is 0.298 e. The fourth-order valence-electron chi connectivity index (χ4n) is 3.82. The maximum atomic E-state index is 13.0. The summed E-state index contributed by atoms with van der Waals surface area (Å²) in [6.07, 6.45) is 4.63. The summed E-state index contributed by atoms with van der Waals surface area (Å²) in [6.45, 7) is 0.894. The Balaban J connectivity index is 1.49. The molecule has 1 aliphatic heterocycles. The highest BCUT2D eigenvalue weighted by molar-refractivity contribution is 7.99. The molecule has 32 heavy (non-hydrogen) atoms. The standard InChI is InChI=1S/C20H21N5O4S3/c26-25(27)16-13-15(32(28,29)23-10-2-1-3-11-23)8-9-17(16)31-20-22-21-19(18-5-4-12-30-18)24(20)14-6-7-14/h4-5,8-9,12-14H,1-3,6-7,10-11H2. The number of benzene rings is 1. The van der Waals surface area contributed by atoms with E-state index in [1.54, 1.807) is 11.3 Å². The van der Waals surface area contributed by atoms with Gasteiger partial charge in [0.15, 0.2) is 11.0 Å². The van der Waals surface area contributed by atoms with Gasteiger partial charge in [0.2, 0.25) is 10.0 Å². The summed E-state index contributed by atoms with van der Waals surface area (Å²) in [5.41, 5.74) is -0.240. The van der Waals surface area contributed by atoms with Crippen LogP contribution < -0.4 is 0 Å². The third kappa shape index (κ3) is 4.07. The first-order valence-electron chi connectivity index (χ1n) is 10.4. The summed E-state index contributed by atoms with van der Waals surface area (Å²) in [6, 6.07) is 8.34. The number of nitro benzene ring substituents is 1. The first-order chi connectivity index (χ1) is 15.4. The Bertz CT molecular complexity index is 1250. The Labute approximate surface area is 193 Å². The van der Waals surface area contributed by atoms with Gasteiger partial charge in [0, 0.05) is 25.2 Å². The molecule has 1 saturated heterocycles. The van der Waals surface area contributed by atoms with E-state index in [2.05, 4.69) is 10.2 Å². The van der Waals surface area contributed by atoms with E-state index in [0.717, 1.165) is 54.6 Å². The molecular weight excluding hydrogens is 470 g/mol. The SMILES string of the molecule is O=[N+]([O-])c1cc(S(=O)(=O)N2CCCCC2)ccc1Sc1nnc(-c2cccs2)n1C1CC1. The van der Waals surface area contributed by atoms with Crippen molar-refractivity contribution < 1.29 is 13.3 Å². The Morgan fingerprint density at radius 3 is 2.56 bits per heavy atom. The predicted molar refractivity (Wildman–Crippen MR) is 121 cm³/mol. The van der Waals surface area contributed by atoms with E-state index in [0.29, 0.717) is 23.1 Å². The topological polar surface area (TPSA) is 111 Å². The summed E-state index contributed by atoms with van der Waals surface area (Å²) in [5.74, 6) is 0.761. The Hall–Kier alpha value is -2.28. The quantitative estimate of drug-likeness (QED) is 0.351. The maximum absolute atomic E-state index is 13.0. The van der Waals surface area contributed by atoms with Crippen molar-refractivity contribution in [3.8, 4) is 10.7 Å². The molecule has 3 aromatic rings. The molecule has 2 aliphatic rings. The van der Waals surface area contributed by atoms with Crippen LogP contribution in [0.5, 0.6) is 0 Å². The predicted octanol–water partition coefficient (Wildman–Crippen LogP) is 4.58. The normalized spacial score (nSPS) is 17.5. The molecule has 0 N–H and O–H groups in total. The van der Waals surface area contributed by atoms with Crippen molar-refractivity contribution in [3.63, 3.8) is 0 Å². The van der Waals surface area contributed by atoms with Gasteiger partial charge in [-0.25, -0.2) is 8.42 Å². The van der Waals surface area contributed by atoms with Gasteiger partial charge in [-0.3, -0.25) is 14.7 Å². The Morgan fingerprint density at radius 1 is 1.12 bits per heavy atom. The second-order valence-electron chi connectivity index (χ2n) is 7.84. The zero-order chi connectivity index (χ0) is 22.3. The van der Waals surface area contributed by atoms with Crippen molar-refractivity contribution in [2.24, 2.45) is 0 Å². The molecule has 3 heterocycles. The first kappa shape index (κ1) is 21.6. The minimum absolute atomic E-state index is 0.0432. The van der Waals surface area contributed by atoms with Gasteiger partial charge >= 0.3 is 0 Å². The molecule has 5 rings (SSSR count). The smallest absolute Gasteiger partial charge is 0.284 e. The molecule has 2 fully saturated rings. The van der Waals surface area contributed by atoms with Crippen LogP contribution in [0.25, 0.3) is 10.7 Å². The van der Waals surface area contributed by atoms with E-state index in [-0.39, 0.29) is 16.6 Å². The Kier molecular flexibility index (Phi) is 5.78. The molecule has 0 bridgehead atoms. The molecule has 1 saturated carbocycles. The number of hydrogen-bond acceptors (Lipinski definition) is 8. The average molecular weight is 492 g/mol. The second kappa shape index (κ2) is 8.58. The molecule has 0 unspecified atom stereocenters. The van der Waals surface area contributed by atoms with Crippen molar-refractivity contribution >= 4 is 38.8 Å². The summed E-state index contributed by atoms with van der Waals surface area (Å²) < 4.78 is 29.4. The van der Waals surface area contributed by atoms with E-state index >= 15 is 0 Å². The van der Waals surface area contributed by atoms with Gasteiger partial charge in [0.05, 0.1) is 19.6 Å². The zero-order valence-electron chi connectivity index (χ0n) is 17.1. The van der Waals surface area contributed by atoms with Gasteiger partial charge in [-0.1, -0.05) is 12.5 Å². The van der Waals surface area contributed by atoms with Gasteiger partial charge in [-0.05, 0) is 61.0 Å². The van der Waals surface area contributed by atoms with Crippen LogP contribution in [-0.2, 0) is 10.0 Å². The number of rotatable bonds is 7. The molecule has 1 aromatic carbocycles. The second-order valence-corrected chi connectivity index (χ2v) is 11.7. The summed E-state index contributed by atoms with van der Waals surface area (Å²) in [4.78, 5) is 12.6. The van der Waals surface area contributed by atoms with Crippen LogP contribution in [0.3, 0.4) is 0 Å². The fraction of sp³-hybridized carbons (Fsp3) is 0.400. The summed E-state index contributed by atoms with van der Waals surface area (Å²) >= 11 is 2.72. The summed E-state index contributed by atoms with van der Waals surface area (Å²) in [7, 11) is -3.76. The van der Waals surface area contributed by atoms with E-state index in [4.69, 9.17) is 0 Å². The minimum Gasteiger partial charge on any atom is -0.298 e. The lowest BCUT2D eigenvalue weighted by atomic mass is 10.2. The molecule has 9 nitrogen and oxygen atoms in total. The van der Waals surface area contributed by atoms with E-state index in [1.807, 2.05) is 22.1 Å². The van der Waals surface area contributed by atoms with Crippen LogP contribution in [0.1, 0.15) is 38.1 Å². The Morgan fingerprint density at radius 2 is 1.91 bits per heavy atom. The number of hydrogen-bond donors (Lipinski definition) is 0. The molecule has 168 valence electrons. The lowest BCUT2D eigenvalue weighted by Gasteiger charge is -2.25. The van der Waals surface area contributed by atoms with E-state index < -0.39 is 14.9 Å². The van der Waals surface area contributed by atoms with Crippen LogP contribution >= 0.6 is 23.1 Å². The van der Waals surface area contributed by atoms with Gasteiger partial charge in [0.1, 0.15) is 0 Å². The summed E-state index contributed by atoms with van der Waals surface area (Å²) in [5, 5.41) is 23.0. The van der Waals surface area contributed by atoms with Crippen LogP contribution in [0, 0.1) is 10.1 Å². The maximum Gasteiger partial charge on any atom is 0.284 e. The van der Waals surface area contributed by atoms with Crippen molar-refractivity contribution in [2.45, 2.75) is 53.1 Å². The number of aromatic nitrogens is 3. The average Bonchev–Trinajstić information content (AvgIpc) is 3.31. The first-order valence-corrected chi connectivity index (χ1v) is 13.5. The van der Waals surface area contributed by atoms with Crippen molar-refractivity contribution in [1.82, 2.24) is 19.1 Å². The van der Waals surface area contributed by atoms with E-state index in [9.17, 15) is 18.5 Å². The molecule has 0 radical (unpaired) electrons. The molecular formula is C20H21N5O4S3. The number of piperidine rings is 1. The molecule has 12 heteroatoms. The minimum atomic E-state index is -3.76. The van der Waals surface area contributed by atoms with Crippen molar-refractivity contribution in [3.05, 3.63) is 45.8 Å². The third-order valence-corrected chi connectivity index (χ3v) is 9.39. The fourth-order valence-corrected chi connectivity index (χ4v) is 7.05. The zero-order valence-corrected chi connectivity index (χ0v) is 19.5. The lowest BCUT2D eigenvalue weighted by molar-refractivity contribution is -0.388. The molecule has 0 atom stereocenters. The highest BCUT2D eigenvalue weighted by atomic mass is 32.2. The van der Waals surface area contributed by atoms with Gasteiger partial charge in [-0.15, -0.1) is 21.5 Å². The van der Waals surface area contributed by atoms with Gasteiger partial charge < -0.3 is 0 Å².